The Labute approximate surface area is 214 Å². The summed E-state index contributed by atoms with van der Waals surface area (Å²) in [5, 5.41) is 8.24. The quantitative estimate of drug-likeness (QED) is 0.397. The lowest BCUT2D eigenvalue weighted by Crippen LogP contribution is -2.28. The second-order valence-electron chi connectivity index (χ2n) is 8.53. The molecule has 12 nitrogen and oxygen atoms in total. The van der Waals surface area contributed by atoms with Crippen molar-refractivity contribution in [2.24, 2.45) is 0 Å². The summed E-state index contributed by atoms with van der Waals surface area (Å²) in [6.07, 6.45) is 5.86. The maximum Gasteiger partial charge on any atom is 0.245 e. The van der Waals surface area contributed by atoms with Gasteiger partial charge in [0, 0.05) is 30.8 Å². The molecule has 0 bridgehead atoms. The van der Waals surface area contributed by atoms with Crippen LogP contribution in [-0.2, 0) is 20.3 Å². The second kappa shape index (κ2) is 11.0. The molecule has 3 atom stereocenters. The molecule has 0 saturated carbocycles. The average Bonchev–Trinajstić information content (AvgIpc) is 3.30. The largest absolute Gasteiger partial charge is 0.479 e. The molecule has 4 heterocycles. The first-order chi connectivity index (χ1) is 17.3. The molecule has 0 spiro atoms. The third-order valence-electron chi connectivity index (χ3n) is 6.29. The Morgan fingerprint density at radius 1 is 1.11 bits per heavy atom. The molecule has 0 amide bonds. The first kappa shape index (κ1) is 26.2. The molecule has 3 aromatic rings. The SMILES string of the molecule is COc1ncnc(OC)c1-n1c(CS(=O)(=O)[C@@H](C)[C@H](C)c2ncc(Cl)cn2)nnc1[C@H]1CCCOC1. The maximum absolute atomic E-state index is 13.6. The Morgan fingerprint density at radius 2 is 1.78 bits per heavy atom. The highest BCUT2D eigenvalue weighted by Gasteiger charge is 2.34. The van der Waals surface area contributed by atoms with Gasteiger partial charge in [0.15, 0.2) is 21.3 Å². The van der Waals surface area contributed by atoms with Gasteiger partial charge in [-0.3, -0.25) is 4.57 Å². The van der Waals surface area contributed by atoms with Gasteiger partial charge in [0.2, 0.25) is 11.8 Å². The molecule has 0 radical (unpaired) electrons. The van der Waals surface area contributed by atoms with Crippen LogP contribution in [0.4, 0.5) is 0 Å². The monoisotopic (exact) mass is 537 g/mol. The minimum Gasteiger partial charge on any atom is -0.479 e. The third kappa shape index (κ3) is 5.27. The van der Waals surface area contributed by atoms with E-state index in [0.717, 1.165) is 12.8 Å². The molecule has 14 heteroatoms. The van der Waals surface area contributed by atoms with Crippen LogP contribution in [0.2, 0.25) is 5.02 Å². The standard InChI is InChI=1S/C22H28ClN7O5S/c1-13(19-24-8-16(23)9-25-19)14(2)36(31,32)11-17-28-29-20(15-6-5-7-35-10-15)30(17)18-21(33-3)26-12-27-22(18)34-4/h8-9,12-15H,5-7,10-11H2,1-4H3/t13-,14-,15-/m0/s1. The molecule has 0 N–H and O–H groups in total. The highest BCUT2D eigenvalue weighted by Crippen LogP contribution is 2.35. The van der Waals surface area contributed by atoms with Crippen molar-refractivity contribution >= 4 is 21.4 Å². The van der Waals surface area contributed by atoms with E-state index < -0.39 is 26.8 Å². The van der Waals surface area contributed by atoms with Gasteiger partial charge < -0.3 is 14.2 Å². The lowest BCUT2D eigenvalue weighted by atomic mass is 10.0. The minimum atomic E-state index is -3.75. The van der Waals surface area contributed by atoms with Gasteiger partial charge >= 0.3 is 0 Å². The van der Waals surface area contributed by atoms with Gasteiger partial charge in [0.1, 0.15) is 23.7 Å². The van der Waals surface area contributed by atoms with Gasteiger partial charge in [-0.15, -0.1) is 10.2 Å². The van der Waals surface area contributed by atoms with E-state index in [4.69, 9.17) is 25.8 Å². The summed E-state index contributed by atoms with van der Waals surface area (Å²) in [7, 11) is -0.821. The van der Waals surface area contributed by atoms with Crippen molar-refractivity contribution in [2.45, 2.75) is 49.5 Å². The van der Waals surface area contributed by atoms with Crippen molar-refractivity contribution in [3.63, 3.8) is 0 Å². The number of hydrogen-bond donors (Lipinski definition) is 0. The Morgan fingerprint density at radius 3 is 2.36 bits per heavy atom. The molecular weight excluding hydrogens is 510 g/mol. The predicted molar refractivity (Wildman–Crippen MR) is 130 cm³/mol. The molecule has 3 aromatic heterocycles. The summed E-state index contributed by atoms with van der Waals surface area (Å²) >= 11 is 5.88. The van der Waals surface area contributed by atoms with Crippen molar-refractivity contribution in [1.29, 1.82) is 0 Å². The summed E-state index contributed by atoms with van der Waals surface area (Å²) in [5.41, 5.74) is 0.333. The number of nitrogens with zero attached hydrogens (tertiary/aromatic N) is 7. The molecule has 194 valence electrons. The van der Waals surface area contributed by atoms with Gasteiger partial charge in [-0.1, -0.05) is 18.5 Å². The van der Waals surface area contributed by atoms with E-state index in [-0.39, 0.29) is 23.5 Å². The molecule has 1 aliphatic heterocycles. The Hall–Kier alpha value is -2.90. The van der Waals surface area contributed by atoms with Crippen LogP contribution in [0.3, 0.4) is 0 Å². The van der Waals surface area contributed by atoms with Gasteiger partial charge in [0.05, 0.1) is 31.1 Å². The molecular formula is C22H28ClN7O5S. The van der Waals surface area contributed by atoms with Crippen molar-refractivity contribution < 1.29 is 22.6 Å². The highest BCUT2D eigenvalue weighted by atomic mass is 35.5. The zero-order chi connectivity index (χ0) is 25.9. The summed E-state index contributed by atoms with van der Waals surface area (Å²) in [4.78, 5) is 16.8. The number of methoxy groups -OCH3 is 2. The number of sulfone groups is 1. The van der Waals surface area contributed by atoms with E-state index in [1.54, 1.807) is 18.4 Å². The van der Waals surface area contributed by atoms with Crippen molar-refractivity contribution in [3.8, 4) is 17.4 Å². The molecule has 1 saturated heterocycles. The summed E-state index contributed by atoms with van der Waals surface area (Å²) in [6.45, 7) is 4.49. The molecule has 36 heavy (non-hydrogen) atoms. The fraction of sp³-hybridized carbons (Fsp3) is 0.545. The third-order valence-corrected chi connectivity index (χ3v) is 8.69. The van der Waals surface area contributed by atoms with Crippen LogP contribution >= 0.6 is 11.6 Å². The molecule has 0 aromatic carbocycles. The fourth-order valence-corrected chi connectivity index (χ4v) is 5.75. The molecule has 0 aliphatic carbocycles. The van der Waals surface area contributed by atoms with Gasteiger partial charge in [-0.2, -0.15) is 9.97 Å². The molecule has 0 unspecified atom stereocenters. The topological polar surface area (TPSA) is 144 Å². The lowest BCUT2D eigenvalue weighted by molar-refractivity contribution is 0.0775. The van der Waals surface area contributed by atoms with Crippen molar-refractivity contribution in [3.05, 3.63) is 41.2 Å². The second-order valence-corrected chi connectivity index (χ2v) is 11.3. The van der Waals surface area contributed by atoms with E-state index in [1.165, 1.54) is 32.9 Å². The van der Waals surface area contributed by atoms with Crippen molar-refractivity contribution in [1.82, 2.24) is 34.7 Å². The summed E-state index contributed by atoms with van der Waals surface area (Å²) in [6, 6.07) is 0. The van der Waals surface area contributed by atoms with Crippen LogP contribution in [0.25, 0.3) is 5.69 Å². The van der Waals surface area contributed by atoms with Crippen LogP contribution in [-0.4, -0.2) is 75.8 Å². The normalized spacial score (nSPS) is 18.0. The molecule has 4 rings (SSSR count). The van der Waals surface area contributed by atoms with E-state index in [9.17, 15) is 8.42 Å². The Balaban J connectivity index is 1.77. The highest BCUT2D eigenvalue weighted by molar-refractivity contribution is 7.91. The van der Waals surface area contributed by atoms with Crippen LogP contribution in [0.5, 0.6) is 11.8 Å². The first-order valence-corrected chi connectivity index (χ1v) is 13.5. The number of ether oxygens (including phenoxy) is 3. The predicted octanol–water partition coefficient (Wildman–Crippen LogP) is 2.52. The average molecular weight is 538 g/mol. The zero-order valence-corrected chi connectivity index (χ0v) is 22.0. The summed E-state index contributed by atoms with van der Waals surface area (Å²) < 4.78 is 45.4. The number of rotatable bonds is 9. The van der Waals surface area contributed by atoms with E-state index in [2.05, 4.69) is 30.1 Å². The van der Waals surface area contributed by atoms with Crippen molar-refractivity contribution in [2.75, 3.05) is 27.4 Å². The summed E-state index contributed by atoms with van der Waals surface area (Å²) in [5.74, 6) is 0.537. The number of halogens is 1. The Bertz CT molecular complexity index is 1270. The van der Waals surface area contributed by atoms with E-state index >= 15 is 0 Å². The Kier molecular flexibility index (Phi) is 8.00. The van der Waals surface area contributed by atoms with Crippen LogP contribution in [0.1, 0.15) is 56.0 Å². The lowest BCUT2D eigenvalue weighted by Gasteiger charge is -2.24. The molecule has 1 fully saturated rings. The van der Waals surface area contributed by atoms with E-state index in [1.807, 2.05) is 0 Å². The molecule has 1 aliphatic rings. The van der Waals surface area contributed by atoms with Crippen LogP contribution < -0.4 is 9.47 Å². The van der Waals surface area contributed by atoms with E-state index in [0.29, 0.717) is 35.6 Å². The fourth-order valence-electron chi connectivity index (χ4n) is 4.10. The number of hydrogen-bond acceptors (Lipinski definition) is 11. The smallest absolute Gasteiger partial charge is 0.245 e. The van der Waals surface area contributed by atoms with Gasteiger partial charge in [0.25, 0.3) is 0 Å². The maximum atomic E-state index is 13.6. The minimum absolute atomic E-state index is 0.101. The zero-order valence-electron chi connectivity index (χ0n) is 20.5. The van der Waals surface area contributed by atoms with Crippen LogP contribution in [0.15, 0.2) is 18.7 Å². The van der Waals surface area contributed by atoms with Gasteiger partial charge in [-0.25, -0.2) is 18.4 Å². The van der Waals surface area contributed by atoms with Crippen LogP contribution in [0, 0.1) is 0 Å². The number of aromatic nitrogens is 7. The first-order valence-electron chi connectivity index (χ1n) is 11.4. The van der Waals surface area contributed by atoms with Gasteiger partial charge in [-0.05, 0) is 19.8 Å².